The molecule has 0 bridgehead atoms. The third kappa shape index (κ3) is 28.7. The van der Waals surface area contributed by atoms with Crippen LogP contribution in [-0.2, 0) is 76.0 Å². The summed E-state index contributed by atoms with van der Waals surface area (Å²) in [4.78, 5) is 45.8. The van der Waals surface area contributed by atoms with Crippen molar-refractivity contribution >= 4 is 29.1 Å². The number of benzene rings is 3. The minimum atomic E-state index is -4.50. The molecule has 0 atom stereocenters. The maximum absolute atomic E-state index is 13.8. The molecule has 0 aliphatic carbocycles. The average molecular weight is 1130 g/mol. The molecule has 444 valence electrons. The molecular weight excluding hydrogens is 1050 g/mol. The Morgan fingerprint density at radius 3 is 1.64 bits per heavy atom. The van der Waals surface area contributed by atoms with Gasteiger partial charge in [0.05, 0.1) is 149 Å². The fraction of sp³-hybridized carbons (Fsp3) is 0.552. The quantitative estimate of drug-likeness (QED) is 0.0380. The van der Waals surface area contributed by atoms with Crippen molar-refractivity contribution in [1.29, 1.82) is 0 Å². The van der Waals surface area contributed by atoms with Crippen molar-refractivity contribution in [3.63, 3.8) is 0 Å². The number of amides is 3. The molecule has 0 aliphatic rings. The van der Waals surface area contributed by atoms with Gasteiger partial charge in [0.15, 0.2) is 0 Å². The van der Waals surface area contributed by atoms with Crippen LogP contribution < -0.4 is 20.9 Å². The predicted octanol–water partition coefficient (Wildman–Crippen LogP) is 7.05. The second-order valence-electron chi connectivity index (χ2n) is 17.7. The number of carbonyl (C=O) groups excluding carboxylic acids is 3. The third-order valence-corrected chi connectivity index (χ3v) is 11.8. The molecule has 1 aromatic heterocycles. The SMILES string of the molecule is CCN(CC)c1ccc(NC(=O)c2cccc(CCCOCCOCCOCCOCCC(=O)NCCOCCOCCOCCOCCOCCOCCOC)c2)c(-c2cc(C(=O)NCc3cccc(C(F)(F)F)c3)ccn2)c1. The van der Waals surface area contributed by atoms with Gasteiger partial charge in [0.1, 0.15) is 0 Å². The van der Waals surface area contributed by atoms with Crippen LogP contribution in [0.1, 0.15) is 64.1 Å². The topological polar surface area (TPSA) is 205 Å². The van der Waals surface area contributed by atoms with Gasteiger partial charge >= 0.3 is 6.18 Å². The van der Waals surface area contributed by atoms with Gasteiger partial charge in [0, 0.05) is 74.9 Å². The molecule has 0 fully saturated rings. The first-order chi connectivity index (χ1) is 39.0. The van der Waals surface area contributed by atoms with Crippen LogP contribution in [0.5, 0.6) is 0 Å². The molecule has 4 rings (SSSR count). The van der Waals surface area contributed by atoms with E-state index in [1.165, 1.54) is 24.4 Å². The van der Waals surface area contributed by atoms with Crippen molar-refractivity contribution < 1.29 is 79.7 Å². The number of pyridine rings is 1. The summed E-state index contributed by atoms with van der Waals surface area (Å²) in [6.07, 6.45) is -1.36. The maximum Gasteiger partial charge on any atom is 0.416 e. The Labute approximate surface area is 468 Å². The van der Waals surface area contributed by atoms with Crippen molar-refractivity contribution in [2.24, 2.45) is 0 Å². The number of anilines is 2. The highest BCUT2D eigenvalue weighted by molar-refractivity contribution is 6.06. The minimum absolute atomic E-state index is 0.106. The van der Waals surface area contributed by atoms with Crippen LogP contribution in [0.2, 0.25) is 0 Å². The van der Waals surface area contributed by atoms with Gasteiger partial charge in [-0.05, 0) is 92.4 Å². The van der Waals surface area contributed by atoms with Crippen molar-refractivity contribution in [2.75, 3.05) is 176 Å². The van der Waals surface area contributed by atoms with Gasteiger partial charge in [0.2, 0.25) is 5.91 Å². The summed E-state index contributed by atoms with van der Waals surface area (Å²) in [6.45, 7) is 15.3. The molecule has 0 unspecified atom stereocenters. The van der Waals surface area contributed by atoms with E-state index in [2.05, 4.69) is 25.8 Å². The van der Waals surface area contributed by atoms with Crippen LogP contribution in [0.3, 0.4) is 0 Å². The summed E-state index contributed by atoms with van der Waals surface area (Å²) in [5.74, 6) is -0.934. The summed E-state index contributed by atoms with van der Waals surface area (Å²) in [6, 6.07) is 21.0. The van der Waals surface area contributed by atoms with Gasteiger partial charge < -0.3 is 73.0 Å². The summed E-state index contributed by atoms with van der Waals surface area (Å²) < 4.78 is 99.7. The van der Waals surface area contributed by atoms with Gasteiger partial charge in [-0.2, -0.15) is 13.2 Å². The number of aryl methyl sites for hydroxylation is 1. The van der Waals surface area contributed by atoms with Crippen LogP contribution in [0.15, 0.2) is 85.1 Å². The Morgan fingerprint density at radius 1 is 0.537 bits per heavy atom. The van der Waals surface area contributed by atoms with Crippen LogP contribution in [0.25, 0.3) is 11.3 Å². The lowest BCUT2D eigenvalue weighted by molar-refractivity contribution is -0.137. The summed E-state index contributed by atoms with van der Waals surface area (Å²) >= 11 is 0. The van der Waals surface area contributed by atoms with E-state index < -0.39 is 17.6 Å². The number of ether oxygens (including phenoxy) is 11. The molecule has 1 heterocycles. The maximum atomic E-state index is 13.8. The molecule has 0 saturated carbocycles. The fourth-order valence-corrected chi connectivity index (χ4v) is 7.56. The minimum Gasteiger partial charge on any atom is -0.382 e. The van der Waals surface area contributed by atoms with Gasteiger partial charge in [-0.3, -0.25) is 19.4 Å². The third-order valence-electron chi connectivity index (χ3n) is 11.8. The van der Waals surface area contributed by atoms with Crippen molar-refractivity contribution in [2.45, 2.75) is 45.8 Å². The van der Waals surface area contributed by atoms with E-state index in [-0.39, 0.29) is 37.0 Å². The molecular formula is C58H82F3N5O14. The molecule has 19 nitrogen and oxygen atoms in total. The zero-order valence-electron chi connectivity index (χ0n) is 46.6. The van der Waals surface area contributed by atoms with E-state index in [1.54, 1.807) is 19.2 Å². The van der Waals surface area contributed by atoms with Gasteiger partial charge in [-0.1, -0.05) is 24.3 Å². The molecule has 0 saturated heterocycles. The average Bonchev–Trinajstić information content (AvgIpc) is 3.46. The number of carbonyl (C=O) groups is 3. The number of hydrogen-bond acceptors (Lipinski definition) is 16. The number of nitrogens with zero attached hydrogens (tertiary/aromatic N) is 2. The number of halogens is 3. The Bertz CT molecular complexity index is 2330. The highest BCUT2D eigenvalue weighted by Crippen LogP contribution is 2.33. The van der Waals surface area contributed by atoms with Crippen molar-refractivity contribution in [3.05, 3.63) is 113 Å². The number of aromatic nitrogens is 1. The lowest BCUT2D eigenvalue weighted by atomic mass is 10.0. The Hall–Kier alpha value is -5.63. The number of rotatable bonds is 46. The second kappa shape index (κ2) is 41.4. The fourth-order valence-electron chi connectivity index (χ4n) is 7.56. The van der Waals surface area contributed by atoms with Gasteiger partial charge in [0.25, 0.3) is 11.8 Å². The summed E-state index contributed by atoms with van der Waals surface area (Å²) in [7, 11) is 1.63. The molecule has 0 aliphatic heterocycles. The standard InChI is InChI=1S/C58H82F3N5O14/c1-4-66(5-2)51-14-15-53(52(44-51)54-43-49(16-18-62-54)56(68)64-45-47-10-7-13-50(42-47)58(59,60)61)65-57(69)48-12-6-9-46(41-48)11-8-20-71-25-28-75-33-34-76-29-26-72-21-17-55(67)63-19-22-73-27-30-77-35-36-79-39-40-80-38-37-78-32-31-74-24-23-70-3/h6-7,9-10,12-16,18,41-44H,4-5,8,11,17,19-40,45H2,1-3H3,(H,63,67)(H,64,68)(H,65,69). The van der Waals surface area contributed by atoms with E-state index in [1.807, 2.05) is 50.2 Å². The molecule has 0 spiro atoms. The Kier molecular flexibility index (Phi) is 34.6. The number of hydrogen-bond donors (Lipinski definition) is 3. The molecule has 3 aromatic carbocycles. The van der Waals surface area contributed by atoms with Crippen molar-refractivity contribution in [1.82, 2.24) is 15.6 Å². The van der Waals surface area contributed by atoms with E-state index in [0.29, 0.717) is 173 Å². The first-order valence-corrected chi connectivity index (χ1v) is 27.2. The zero-order valence-corrected chi connectivity index (χ0v) is 46.6. The number of methoxy groups -OCH3 is 1. The zero-order chi connectivity index (χ0) is 57.3. The second-order valence-corrected chi connectivity index (χ2v) is 17.7. The monoisotopic (exact) mass is 1130 g/mol. The van der Waals surface area contributed by atoms with Gasteiger partial charge in [-0.25, -0.2) is 0 Å². The Morgan fingerprint density at radius 2 is 1.06 bits per heavy atom. The van der Waals surface area contributed by atoms with E-state index in [4.69, 9.17) is 52.1 Å². The van der Waals surface area contributed by atoms with Crippen LogP contribution in [0.4, 0.5) is 24.5 Å². The normalized spacial score (nSPS) is 11.5. The van der Waals surface area contributed by atoms with Gasteiger partial charge in [-0.15, -0.1) is 0 Å². The Balaban J connectivity index is 0.997. The number of nitrogens with one attached hydrogen (secondary N) is 3. The predicted molar refractivity (Wildman–Crippen MR) is 296 cm³/mol. The van der Waals surface area contributed by atoms with Crippen LogP contribution in [-0.4, -0.2) is 188 Å². The van der Waals surface area contributed by atoms with E-state index >= 15 is 0 Å². The molecule has 80 heavy (non-hydrogen) atoms. The van der Waals surface area contributed by atoms with E-state index in [9.17, 15) is 27.6 Å². The molecule has 22 heteroatoms. The largest absolute Gasteiger partial charge is 0.416 e. The molecule has 3 amide bonds. The first kappa shape index (κ1) is 66.9. The van der Waals surface area contributed by atoms with E-state index in [0.717, 1.165) is 42.9 Å². The molecule has 4 aromatic rings. The highest BCUT2D eigenvalue weighted by atomic mass is 19.4. The smallest absolute Gasteiger partial charge is 0.382 e. The van der Waals surface area contributed by atoms with Crippen LogP contribution in [0, 0.1) is 0 Å². The first-order valence-electron chi connectivity index (χ1n) is 27.2. The van der Waals surface area contributed by atoms with Crippen molar-refractivity contribution in [3.8, 4) is 11.3 Å². The summed E-state index contributed by atoms with van der Waals surface area (Å²) in [5, 5.41) is 8.55. The molecule has 0 radical (unpaired) electrons. The highest BCUT2D eigenvalue weighted by Gasteiger charge is 2.30. The lowest BCUT2D eigenvalue weighted by Gasteiger charge is -2.23. The molecule has 3 N–H and O–H groups in total. The summed E-state index contributed by atoms with van der Waals surface area (Å²) in [5.41, 5.74) is 3.61. The lowest BCUT2D eigenvalue weighted by Crippen LogP contribution is -2.28. The number of alkyl halides is 3. The van der Waals surface area contributed by atoms with Crippen LogP contribution >= 0.6 is 0 Å².